The Balaban J connectivity index is 2.38. The molecule has 3 aromatic rings. The van der Waals surface area contributed by atoms with Gasteiger partial charge in [0.05, 0.1) is 32.3 Å². The van der Waals surface area contributed by atoms with Crippen molar-refractivity contribution in [2.45, 2.75) is 20.4 Å². The molecule has 0 amide bonds. The number of fused-ring (bicyclic) bond motifs is 1. The van der Waals surface area contributed by atoms with Crippen LogP contribution in [0.2, 0.25) is 10.0 Å². The fraction of sp³-hybridized carbons (Fsp3) is 0.188. The average molecular weight is 320 g/mol. The Morgan fingerprint density at radius 3 is 2.57 bits per heavy atom. The number of aryl methyl sites for hydroxylation is 2. The number of rotatable bonds is 2. The van der Waals surface area contributed by atoms with E-state index in [9.17, 15) is 0 Å². The highest BCUT2D eigenvalue weighted by Crippen LogP contribution is 2.38. The standard InChI is InChI=1S/C16H15Cl2N3/c1-3-21-13-7-4-9(2)8-12(13)20-16(21)14-10(17)5-6-11(18)15(14)19/h4-8H,3,19H2,1-2H3. The zero-order chi connectivity index (χ0) is 15.1. The molecule has 0 aliphatic carbocycles. The maximum absolute atomic E-state index is 6.33. The summed E-state index contributed by atoms with van der Waals surface area (Å²) in [5, 5.41) is 1.04. The minimum atomic E-state index is 0.464. The molecule has 0 unspecified atom stereocenters. The highest BCUT2D eigenvalue weighted by molar-refractivity contribution is 6.37. The first-order valence-corrected chi connectivity index (χ1v) is 7.49. The van der Waals surface area contributed by atoms with Gasteiger partial charge in [0.2, 0.25) is 0 Å². The van der Waals surface area contributed by atoms with Gasteiger partial charge >= 0.3 is 0 Å². The van der Waals surface area contributed by atoms with Crippen LogP contribution in [0.15, 0.2) is 30.3 Å². The first-order chi connectivity index (χ1) is 10.0. The molecule has 0 saturated carbocycles. The third-order valence-electron chi connectivity index (χ3n) is 3.59. The Kier molecular flexibility index (Phi) is 3.56. The lowest BCUT2D eigenvalue weighted by atomic mass is 10.1. The van der Waals surface area contributed by atoms with Crippen LogP contribution < -0.4 is 5.73 Å². The summed E-state index contributed by atoms with van der Waals surface area (Å²) in [6.45, 7) is 4.89. The lowest BCUT2D eigenvalue weighted by molar-refractivity contribution is 0.796. The molecule has 0 saturated heterocycles. The molecule has 0 fully saturated rings. The van der Waals surface area contributed by atoms with E-state index in [1.54, 1.807) is 12.1 Å². The van der Waals surface area contributed by atoms with Crippen LogP contribution in [-0.2, 0) is 6.54 Å². The van der Waals surface area contributed by atoms with Crippen molar-refractivity contribution in [2.24, 2.45) is 0 Å². The van der Waals surface area contributed by atoms with E-state index in [4.69, 9.17) is 33.9 Å². The van der Waals surface area contributed by atoms with E-state index in [2.05, 4.69) is 29.7 Å². The van der Waals surface area contributed by atoms with E-state index >= 15 is 0 Å². The van der Waals surface area contributed by atoms with Gasteiger partial charge in [-0.25, -0.2) is 4.98 Å². The lowest BCUT2D eigenvalue weighted by Gasteiger charge is -2.11. The molecule has 108 valence electrons. The van der Waals surface area contributed by atoms with Crippen LogP contribution in [0.4, 0.5) is 5.69 Å². The van der Waals surface area contributed by atoms with Crippen LogP contribution in [0, 0.1) is 6.92 Å². The quantitative estimate of drug-likeness (QED) is 0.681. The summed E-state index contributed by atoms with van der Waals surface area (Å²) in [6.07, 6.45) is 0. The van der Waals surface area contributed by atoms with Crippen LogP contribution in [0.25, 0.3) is 22.4 Å². The second-order valence-corrected chi connectivity index (χ2v) is 5.80. The van der Waals surface area contributed by atoms with Gasteiger partial charge in [0, 0.05) is 6.54 Å². The van der Waals surface area contributed by atoms with E-state index in [0.29, 0.717) is 21.3 Å². The number of aromatic nitrogens is 2. The van der Waals surface area contributed by atoms with Crippen molar-refractivity contribution in [3.05, 3.63) is 45.9 Å². The van der Waals surface area contributed by atoms with Gasteiger partial charge in [-0.15, -0.1) is 0 Å². The maximum atomic E-state index is 6.33. The van der Waals surface area contributed by atoms with E-state index < -0.39 is 0 Å². The minimum absolute atomic E-state index is 0.464. The number of nitrogen functional groups attached to an aromatic ring is 1. The van der Waals surface area contributed by atoms with Crippen molar-refractivity contribution < 1.29 is 0 Å². The second kappa shape index (κ2) is 5.24. The molecular formula is C16H15Cl2N3. The summed E-state index contributed by atoms with van der Waals surface area (Å²) in [4.78, 5) is 4.72. The van der Waals surface area contributed by atoms with Gasteiger partial charge in [-0.2, -0.15) is 0 Å². The Labute approximate surface area is 133 Å². The number of benzene rings is 2. The van der Waals surface area contributed by atoms with Gasteiger partial charge in [-0.1, -0.05) is 29.3 Å². The van der Waals surface area contributed by atoms with Gasteiger partial charge in [-0.05, 0) is 43.7 Å². The van der Waals surface area contributed by atoms with Gasteiger partial charge in [0.15, 0.2) is 0 Å². The monoisotopic (exact) mass is 319 g/mol. The van der Waals surface area contributed by atoms with Gasteiger partial charge in [-0.3, -0.25) is 0 Å². The molecule has 0 bridgehead atoms. The number of nitrogens with zero attached hydrogens (tertiary/aromatic N) is 2. The van der Waals surface area contributed by atoms with Crippen molar-refractivity contribution >= 4 is 39.9 Å². The molecule has 0 radical (unpaired) electrons. The van der Waals surface area contributed by atoms with Crippen molar-refractivity contribution in [3.8, 4) is 11.4 Å². The number of nitrogens with two attached hydrogens (primary N) is 1. The average Bonchev–Trinajstić information content (AvgIpc) is 2.80. The summed E-state index contributed by atoms with van der Waals surface area (Å²) < 4.78 is 2.10. The minimum Gasteiger partial charge on any atom is -0.397 e. The first kappa shape index (κ1) is 14.2. The molecule has 0 spiro atoms. The second-order valence-electron chi connectivity index (χ2n) is 4.99. The fourth-order valence-corrected chi connectivity index (χ4v) is 2.95. The topological polar surface area (TPSA) is 43.8 Å². The van der Waals surface area contributed by atoms with Crippen molar-refractivity contribution in [3.63, 3.8) is 0 Å². The molecule has 0 atom stereocenters. The Morgan fingerprint density at radius 1 is 1.14 bits per heavy atom. The van der Waals surface area contributed by atoms with E-state index in [-0.39, 0.29) is 0 Å². The molecule has 2 N–H and O–H groups in total. The van der Waals surface area contributed by atoms with Crippen molar-refractivity contribution in [2.75, 3.05) is 5.73 Å². The molecule has 1 aromatic heterocycles. The maximum Gasteiger partial charge on any atom is 0.144 e. The number of imidazole rings is 1. The highest BCUT2D eigenvalue weighted by atomic mass is 35.5. The predicted octanol–water partition coefficient (Wildman–Crippen LogP) is 4.92. The number of hydrogen-bond donors (Lipinski definition) is 1. The molecule has 21 heavy (non-hydrogen) atoms. The smallest absolute Gasteiger partial charge is 0.144 e. The SMILES string of the molecule is CCn1c(-c2c(Cl)ccc(Cl)c2N)nc2cc(C)ccc21. The Morgan fingerprint density at radius 2 is 1.86 bits per heavy atom. The number of anilines is 1. The van der Waals surface area contributed by atoms with Gasteiger partial charge in [0.25, 0.3) is 0 Å². The molecule has 0 aliphatic rings. The molecule has 1 heterocycles. The highest BCUT2D eigenvalue weighted by Gasteiger charge is 2.18. The Hall–Kier alpha value is -1.71. The van der Waals surface area contributed by atoms with E-state index in [1.807, 2.05) is 6.92 Å². The lowest BCUT2D eigenvalue weighted by Crippen LogP contribution is -2.01. The normalized spacial score (nSPS) is 11.2. The number of hydrogen-bond acceptors (Lipinski definition) is 2. The molecule has 3 nitrogen and oxygen atoms in total. The number of halogens is 2. The zero-order valence-corrected chi connectivity index (χ0v) is 13.3. The van der Waals surface area contributed by atoms with Crippen LogP contribution in [0.5, 0.6) is 0 Å². The first-order valence-electron chi connectivity index (χ1n) is 6.73. The van der Waals surface area contributed by atoms with Crippen LogP contribution in [0.3, 0.4) is 0 Å². The molecule has 2 aromatic carbocycles. The van der Waals surface area contributed by atoms with E-state index in [0.717, 1.165) is 23.4 Å². The van der Waals surface area contributed by atoms with Crippen molar-refractivity contribution in [1.29, 1.82) is 0 Å². The third-order valence-corrected chi connectivity index (χ3v) is 4.23. The van der Waals surface area contributed by atoms with Gasteiger partial charge in [0.1, 0.15) is 5.82 Å². The predicted molar refractivity (Wildman–Crippen MR) is 90.0 cm³/mol. The summed E-state index contributed by atoms with van der Waals surface area (Å²) in [7, 11) is 0. The molecule has 0 aliphatic heterocycles. The summed E-state index contributed by atoms with van der Waals surface area (Å²) in [6, 6.07) is 9.65. The largest absolute Gasteiger partial charge is 0.397 e. The van der Waals surface area contributed by atoms with Crippen LogP contribution in [0.1, 0.15) is 12.5 Å². The summed E-state index contributed by atoms with van der Waals surface area (Å²) in [5.74, 6) is 0.753. The molecule has 3 rings (SSSR count). The molecule has 5 heteroatoms. The summed E-state index contributed by atoms with van der Waals surface area (Å²) in [5.41, 5.74) is 10.4. The van der Waals surface area contributed by atoms with Crippen LogP contribution in [-0.4, -0.2) is 9.55 Å². The zero-order valence-electron chi connectivity index (χ0n) is 11.8. The summed E-state index contributed by atoms with van der Waals surface area (Å²) >= 11 is 12.5. The van der Waals surface area contributed by atoms with Crippen LogP contribution >= 0.6 is 23.2 Å². The molecular weight excluding hydrogens is 305 g/mol. The third kappa shape index (κ3) is 2.27. The van der Waals surface area contributed by atoms with Crippen molar-refractivity contribution in [1.82, 2.24) is 9.55 Å². The Bertz CT molecular complexity index is 837. The van der Waals surface area contributed by atoms with Gasteiger partial charge < -0.3 is 10.3 Å². The fourth-order valence-electron chi connectivity index (χ4n) is 2.55. The van der Waals surface area contributed by atoms with E-state index in [1.165, 1.54) is 5.56 Å².